The van der Waals surface area contributed by atoms with Crippen molar-refractivity contribution in [3.8, 4) is 0 Å². The SMILES string of the molecule is O=C(C1CC=CCC1)N1CCC2(CC1)CC2C(=O)N1CCN(Cc2cccc(F)c2)CC1. The van der Waals surface area contributed by atoms with Gasteiger partial charge in [-0.15, -0.1) is 0 Å². The van der Waals surface area contributed by atoms with E-state index >= 15 is 0 Å². The predicted octanol–water partition coefficient (Wildman–Crippen LogP) is 3.45. The topological polar surface area (TPSA) is 43.9 Å². The number of halogens is 1. The van der Waals surface area contributed by atoms with E-state index in [1.54, 1.807) is 12.1 Å². The number of piperazine rings is 1. The van der Waals surface area contributed by atoms with Crippen LogP contribution in [0.3, 0.4) is 0 Å². The summed E-state index contributed by atoms with van der Waals surface area (Å²) in [6.07, 6.45) is 10.1. The van der Waals surface area contributed by atoms with Crippen LogP contribution in [0.1, 0.15) is 44.1 Å². The van der Waals surface area contributed by atoms with Crippen LogP contribution in [0.15, 0.2) is 36.4 Å². The van der Waals surface area contributed by atoms with E-state index in [1.165, 1.54) is 6.07 Å². The van der Waals surface area contributed by atoms with Crippen LogP contribution in [-0.4, -0.2) is 65.8 Å². The number of carbonyl (C=O) groups excluding carboxylic acids is 2. The van der Waals surface area contributed by atoms with Crippen LogP contribution in [-0.2, 0) is 16.1 Å². The lowest BCUT2D eigenvalue weighted by Crippen LogP contribution is -2.49. The standard InChI is InChI=1S/C26H34FN3O2/c27-22-8-4-5-20(17-22)19-28-13-15-30(16-14-28)25(32)23-18-26(23)9-11-29(12-10-26)24(31)21-6-2-1-3-7-21/h1-2,4-5,8,17,21,23H,3,6-7,9-16,18-19H2. The number of likely N-dealkylation sites (tertiary alicyclic amines) is 1. The first-order chi connectivity index (χ1) is 15.5. The Morgan fingerprint density at radius 1 is 0.969 bits per heavy atom. The van der Waals surface area contributed by atoms with Crippen LogP contribution in [0.4, 0.5) is 4.39 Å². The molecule has 1 spiro atoms. The van der Waals surface area contributed by atoms with Crippen molar-refractivity contribution in [3.63, 3.8) is 0 Å². The fourth-order valence-corrected chi connectivity index (χ4v) is 5.94. The van der Waals surface area contributed by atoms with Gasteiger partial charge in [0.15, 0.2) is 0 Å². The molecule has 6 heteroatoms. The Hall–Kier alpha value is -2.21. The molecule has 3 fully saturated rings. The molecule has 2 saturated heterocycles. The Kier molecular flexibility index (Phi) is 6.06. The fraction of sp³-hybridized carbons (Fsp3) is 0.615. The average molecular weight is 440 g/mol. The molecule has 2 unspecified atom stereocenters. The second kappa shape index (κ2) is 8.97. The molecule has 2 aliphatic carbocycles. The van der Waals surface area contributed by atoms with E-state index in [2.05, 4.69) is 22.0 Å². The molecule has 5 nitrogen and oxygen atoms in total. The minimum Gasteiger partial charge on any atom is -0.342 e. The maximum absolute atomic E-state index is 13.4. The van der Waals surface area contributed by atoms with Crippen LogP contribution in [0.2, 0.25) is 0 Å². The van der Waals surface area contributed by atoms with Gasteiger partial charge < -0.3 is 9.80 Å². The fourth-order valence-electron chi connectivity index (χ4n) is 5.94. The van der Waals surface area contributed by atoms with E-state index < -0.39 is 0 Å². The normalized spacial score (nSPS) is 27.5. The first-order valence-corrected chi connectivity index (χ1v) is 12.2. The third kappa shape index (κ3) is 4.47. The summed E-state index contributed by atoms with van der Waals surface area (Å²) >= 11 is 0. The molecular weight excluding hydrogens is 405 g/mol. The highest BCUT2D eigenvalue weighted by Gasteiger charge is 2.59. The molecule has 2 amide bonds. The van der Waals surface area contributed by atoms with Crippen molar-refractivity contribution in [2.24, 2.45) is 17.3 Å². The molecule has 4 aliphatic rings. The Bertz CT molecular complexity index is 885. The van der Waals surface area contributed by atoms with E-state index in [-0.39, 0.29) is 23.1 Å². The van der Waals surface area contributed by atoms with Gasteiger partial charge in [-0.25, -0.2) is 4.39 Å². The summed E-state index contributed by atoms with van der Waals surface area (Å²) in [5, 5.41) is 0. The van der Waals surface area contributed by atoms with Crippen molar-refractivity contribution in [3.05, 3.63) is 47.8 Å². The van der Waals surface area contributed by atoms with E-state index in [0.29, 0.717) is 11.8 Å². The summed E-state index contributed by atoms with van der Waals surface area (Å²) in [5.41, 5.74) is 1.12. The molecule has 0 aromatic heterocycles. The van der Waals surface area contributed by atoms with E-state index in [0.717, 1.165) is 89.9 Å². The molecule has 0 radical (unpaired) electrons. The van der Waals surface area contributed by atoms with Gasteiger partial charge in [0.25, 0.3) is 0 Å². The van der Waals surface area contributed by atoms with Gasteiger partial charge in [-0.1, -0.05) is 24.3 Å². The summed E-state index contributed by atoms with van der Waals surface area (Å²) in [4.78, 5) is 32.4. The number of nitrogens with zero attached hydrogens (tertiary/aromatic N) is 3. The zero-order valence-electron chi connectivity index (χ0n) is 18.8. The third-order valence-corrected chi connectivity index (χ3v) is 8.16. The van der Waals surface area contributed by atoms with Crippen LogP contribution < -0.4 is 0 Å². The van der Waals surface area contributed by atoms with Crippen molar-refractivity contribution < 1.29 is 14.0 Å². The highest BCUT2D eigenvalue weighted by atomic mass is 19.1. The lowest BCUT2D eigenvalue weighted by molar-refractivity contribution is -0.138. The second-order valence-electron chi connectivity index (χ2n) is 10.2. The van der Waals surface area contributed by atoms with Crippen molar-refractivity contribution in [1.82, 2.24) is 14.7 Å². The number of carbonyl (C=O) groups is 2. The Morgan fingerprint density at radius 2 is 1.72 bits per heavy atom. The lowest BCUT2D eigenvalue weighted by Gasteiger charge is -2.37. The van der Waals surface area contributed by atoms with Gasteiger partial charge in [0.05, 0.1) is 0 Å². The van der Waals surface area contributed by atoms with Crippen LogP contribution >= 0.6 is 0 Å². The molecule has 0 N–H and O–H groups in total. The summed E-state index contributed by atoms with van der Waals surface area (Å²) in [7, 11) is 0. The van der Waals surface area contributed by atoms with Crippen LogP contribution in [0.5, 0.6) is 0 Å². The van der Waals surface area contributed by atoms with Crippen molar-refractivity contribution >= 4 is 11.8 Å². The number of piperidine rings is 1. The Balaban J connectivity index is 1.08. The summed E-state index contributed by atoms with van der Waals surface area (Å²) < 4.78 is 13.4. The molecule has 1 saturated carbocycles. The molecular formula is C26H34FN3O2. The smallest absolute Gasteiger partial charge is 0.226 e. The molecule has 2 atom stereocenters. The largest absolute Gasteiger partial charge is 0.342 e. The van der Waals surface area contributed by atoms with Crippen molar-refractivity contribution in [2.45, 2.75) is 45.1 Å². The number of hydrogen-bond acceptors (Lipinski definition) is 3. The number of rotatable bonds is 4. The van der Waals surface area contributed by atoms with Crippen molar-refractivity contribution in [2.75, 3.05) is 39.3 Å². The average Bonchev–Trinajstić information content (AvgIpc) is 3.52. The predicted molar refractivity (Wildman–Crippen MR) is 121 cm³/mol. The van der Waals surface area contributed by atoms with Crippen molar-refractivity contribution in [1.29, 1.82) is 0 Å². The molecule has 0 bridgehead atoms. The zero-order valence-corrected chi connectivity index (χ0v) is 18.8. The van der Waals surface area contributed by atoms with Gasteiger partial charge in [-0.05, 0) is 61.6 Å². The van der Waals surface area contributed by atoms with Gasteiger partial charge in [0.1, 0.15) is 5.82 Å². The van der Waals surface area contributed by atoms with E-state index in [4.69, 9.17) is 0 Å². The van der Waals surface area contributed by atoms with Crippen LogP contribution in [0.25, 0.3) is 0 Å². The molecule has 2 aliphatic heterocycles. The number of benzene rings is 1. The molecule has 1 aromatic carbocycles. The number of hydrogen-bond donors (Lipinski definition) is 0. The monoisotopic (exact) mass is 439 g/mol. The minimum atomic E-state index is -0.196. The second-order valence-corrected chi connectivity index (χ2v) is 10.2. The zero-order chi connectivity index (χ0) is 22.1. The lowest BCUT2D eigenvalue weighted by atomic mass is 9.88. The Morgan fingerprint density at radius 3 is 2.41 bits per heavy atom. The molecule has 5 rings (SSSR count). The maximum atomic E-state index is 13.4. The number of allylic oxidation sites excluding steroid dienone is 2. The van der Waals surface area contributed by atoms with E-state index in [9.17, 15) is 14.0 Å². The Labute approximate surface area is 190 Å². The summed E-state index contributed by atoms with van der Waals surface area (Å²) in [6, 6.07) is 6.77. The van der Waals surface area contributed by atoms with Gasteiger partial charge in [-0.3, -0.25) is 14.5 Å². The van der Waals surface area contributed by atoms with Gasteiger partial charge in [-0.2, -0.15) is 0 Å². The summed E-state index contributed by atoms with van der Waals surface area (Å²) in [6.45, 7) is 5.52. The van der Waals surface area contributed by atoms with E-state index in [1.807, 2.05) is 11.0 Å². The first kappa shape index (κ1) is 21.6. The molecule has 1 aromatic rings. The minimum absolute atomic E-state index is 0.138. The summed E-state index contributed by atoms with van der Waals surface area (Å²) in [5.74, 6) is 0.745. The molecule has 2 heterocycles. The molecule has 32 heavy (non-hydrogen) atoms. The highest BCUT2D eigenvalue weighted by Crippen LogP contribution is 2.60. The quantitative estimate of drug-likeness (QED) is 0.675. The van der Waals surface area contributed by atoms with Gasteiger partial charge >= 0.3 is 0 Å². The number of amides is 2. The highest BCUT2D eigenvalue weighted by molar-refractivity contribution is 5.83. The third-order valence-electron chi connectivity index (χ3n) is 8.16. The maximum Gasteiger partial charge on any atom is 0.226 e. The van der Waals surface area contributed by atoms with Gasteiger partial charge in [0, 0.05) is 57.6 Å². The van der Waals surface area contributed by atoms with Gasteiger partial charge in [0.2, 0.25) is 11.8 Å². The molecule has 172 valence electrons. The first-order valence-electron chi connectivity index (χ1n) is 12.2. The van der Waals surface area contributed by atoms with Crippen LogP contribution in [0, 0.1) is 23.1 Å².